The highest BCUT2D eigenvalue weighted by molar-refractivity contribution is 6.07. The SMILES string of the molecule is Cc1ccc(C(O)(c2ccc(C)cc2)C(C(C)C)N(C(=O)C2(C(N)=O)CC2)C(C(C)C)C(O)(c2ccc(C)cc2)c2ccc(C)cc2)cc1. The molecule has 0 bridgehead atoms. The number of carbonyl (C=O) groups is 2. The standard InChI is InChI=1S/C43H52N2O4/c1-27(2)37(42(48,33-17-9-29(5)10-18-33)34-19-11-30(6)12-20-34)45(40(47)41(25-26-41)39(44)46)38(28(3)4)43(49,35-21-13-31(7)14-22-35)36-23-15-32(8)16-24-36/h9-24,27-28,37-38,48-49H,25-26H2,1-8H3,(H2,44,46). The molecule has 0 saturated heterocycles. The van der Waals surface area contributed by atoms with Crippen LogP contribution in [0.5, 0.6) is 0 Å². The van der Waals surface area contributed by atoms with Crippen LogP contribution in [0.3, 0.4) is 0 Å². The van der Waals surface area contributed by atoms with Gasteiger partial charge >= 0.3 is 0 Å². The fourth-order valence-corrected chi connectivity index (χ4v) is 7.62. The second-order valence-electron chi connectivity index (χ2n) is 15.0. The van der Waals surface area contributed by atoms with E-state index in [1.165, 1.54) is 0 Å². The number of aryl methyl sites for hydroxylation is 4. The Bertz CT molecular complexity index is 1570. The van der Waals surface area contributed by atoms with Crippen molar-refractivity contribution in [2.45, 2.75) is 91.5 Å². The molecule has 2 atom stereocenters. The van der Waals surface area contributed by atoms with Crippen LogP contribution in [-0.4, -0.2) is 39.0 Å². The van der Waals surface area contributed by atoms with E-state index in [0.29, 0.717) is 35.1 Å². The van der Waals surface area contributed by atoms with Gasteiger partial charge in [0.15, 0.2) is 0 Å². The number of nitrogens with two attached hydrogens (primary N) is 1. The first kappa shape index (κ1) is 36.0. The van der Waals surface area contributed by atoms with Crippen molar-refractivity contribution < 1.29 is 19.8 Å². The highest BCUT2D eigenvalue weighted by Gasteiger charge is 2.63. The van der Waals surface area contributed by atoms with Gasteiger partial charge < -0.3 is 20.8 Å². The van der Waals surface area contributed by atoms with Crippen molar-refractivity contribution in [2.24, 2.45) is 23.0 Å². The Kier molecular flexibility index (Phi) is 9.98. The van der Waals surface area contributed by atoms with Gasteiger partial charge in [0.25, 0.3) is 0 Å². The summed E-state index contributed by atoms with van der Waals surface area (Å²) in [6.45, 7) is 15.9. The maximum absolute atomic E-state index is 15.4. The van der Waals surface area contributed by atoms with Gasteiger partial charge in [0.05, 0.1) is 12.1 Å². The molecule has 1 fully saturated rings. The van der Waals surface area contributed by atoms with E-state index in [1.54, 1.807) is 4.90 Å². The Morgan fingerprint density at radius 3 is 1.00 bits per heavy atom. The molecule has 6 nitrogen and oxygen atoms in total. The Hall–Kier alpha value is -4.26. The average Bonchev–Trinajstić information content (AvgIpc) is 3.87. The number of primary amides is 1. The van der Waals surface area contributed by atoms with Crippen molar-refractivity contribution in [1.29, 1.82) is 0 Å². The van der Waals surface area contributed by atoms with Gasteiger partial charge in [0.2, 0.25) is 11.8 Å². The summed E-state index contributed by atoms with van der Waals surface area (Å²) >= 11 is 0. The molecule has 0 aliphatic heterocycles. The van der Waals surface area contributed by atoms with Crippen LogP contribution < -0.4 is 5.73 Å². The minimum Gasteiger partial charge on any atom is -0.378 e. The van der Waals surface area contributed by atoms with E-state index < -0.39 is 40.5 Å². The molecule has 1 aliphatic rings. The topological polar surface area (TPSA) is 104 Å². The van der Waals surface area contributed by atoms with Crippen LogP contribution in [0.25, 0.3) is 0 Å². The molecule has 1 aliphatic carbocycles. The third kappa shape index (κ3) is 6.44. The minimum atomic E-state index is -1.74. The molecule has 5 rings (SSSR count). The molecule has 4 aromatic rings. The normalized spacial score (nSPS) is 15.6. The van der Waals surface area contributed by atoms with Gasteiger partial charge in [-0.15, -0.1) is 0 Å². The number of hydrogen-bond donors (Lipinski definition) is 3. The zero-order valence-electron chi connectivity index (χ0n) is 30.2. The fourth-order valence-electron chi connectivity index (χ4n) is 7.62. The third-order valence-corrected chi connectivity index (χ3v) is 10.6. The number of hydrogen-bond acceptors (Lipinski definition) is 4. The number of carbonyl (C=O) groups excluding carboxylic acids is 2. The molecule has 0 spiro atoms. The smallest absolute Gasteiger partial charge is 0.239 e. The van der Waals surface area contributed by atoms with Gasteiger partial charge in [-0.1, -0.05) is 147 Å². The number of nitrogens with zero attached hydrogens (tertiary/aromatic N) is 1. The second kappa shape index (κ2) is 13.6. The Labute approximate surface area is 292 Å². The van der Waals surface area contributed by atoms with Crippen LogP contribution in [0.15, 0.2) is 97.1 Å². The summed E-state index contributed by atoms with van der Waals surface area (Å²) in [5.41, 5.74) is 7.69. The average molecular weight is 661 g/mol. The largest absolute Gasteiger partial charge is 0.378 e. The summed E-state index contributed by atoms with van der Waals surface area (Å²) in [5, 5.41) is 27.1. The second-order valence-corrected chi connectivity index (χ2v) is 15.0. The highest BCUT2D eigenvalue weighted by Crippen LogP contribution is 2.52. The summed E-state index contributed by atoms with van der Waals surface area (Å²) in [6, 6.07) is 29.0. The predicted octanol–water partition coefficient (Wildman–Crippen LogP) is 7.24. The van der Waals surface area contributed by atoms with E-state index in [-0.39, 0.29) is 11.8 Å². The molecule has 258 valence electrons. The van der Waals surface area contributed by atoms with Gasteiger partial charge in [0.1, 0.15) is 16.6 Å². The molecule has 6 heteroatoms. The number of aliphatic hydroxyl groups is 2. The van der Waals surface area contributed by atoms with Crippen molar-refractivity contribution in [3.8, 4) is 0 Å². The lowest BCUT2D eigenvalue weighted by molar-refractivity contribution is -0.168. The summed E-state index contributed by atoms with van der Waals surface area (Å²) < 4.78 is 0. The van der Waals surface area contributed by atoms with Gasteiger partial charge in [-0.3, -0.25) is 9.59 Å². The van der Waals surface area contributed by atoms with Crippen LogP contribution in [0.1, 0.15) is 85.0 Å². The highest BCUT2D eigenvalue weighted by atomic mass is 16.3. The van der Waals surface area contributed by atoms with E-state index >= 15 is 4.79 Å². The summed E-state index contributed by atoms with van der Waals surface area (Å²) in [6.07, 6.45) is 0.628. The molecule has 2 unspecified atom stereocenters. The number of benzene rings is 4. The zero-order chi connectivity index (χ0) is 35.9. The molecule has 4 N–H and O–H groups in total. The molecule has 49 heavy (non-hydrogen) atoms. The predicted molar refractivity (Wildman–Crippen MR) is 196 cm³/mol. The minimum absolute atomic E-state index is 0.314. The van der Waals surface area contributed by atoms with Crippen molar-refractivity contribution in [3.63, 3.8) is 0 Å². The molecule has 2 amide bonds. The summed E-state index contributed by atoms with van der Waals surface area (Å²) in [7, 11) is 0. The van der Waals surface area contributed by atoms with E-state index in [2.05, 4.69) is 0 Å². The monoisotopic (exact) mass is 660 g/mol. The van der Waals surface area contributed by atoms with Gasteiger partial charge in [-0.2, -0.15) is 0 Å². The van der Waals surface area contributed by atoms with Crippen molar-refractivity contribution in [2.75, 3.05) is 0 Å². The van der Waals surface area contributed by atoms with Crippen LogP contribution >= 0.6 is 0 Å². The van der Waals surface area contributed by atoms with Gasteiger partial charge in [0, 0.05) is 0 Å². The first-order chi connectivity index (χ1) is 23.1. The van der Waals surface area contributed by atoms with E-state index in [9.17, 15) is 15.0 Å². The summed E-state index contributed by atoms with van der Waals surface area (Å²) in [5.74, 6) is -1.84. The van der Waals surface area contributed by atoms with Crippen molar-refractivity contribution in [1.82, 2.24) is 4.90 Å². The first-order valence-corrected chi connectivity index (χ1v) is 17.4. The van der Waals surface area contributed by atoms with Crippen molar-refractivity contribution >= 4 is 11.8 Å². The van der Waals surface area contributed by atoms with Crippen LogP contribution in [-0.2, 0) is 20.8 Å². The van der Waals surface area contributed by atoms with Crippen LogP contribution in [0.4, 0.5) is 0 Å². The van der Waals surface area contributed by atoms with Gasteiger partial charge in [-0.25, -0.2) is 0 Å². The first-order valence-electron chi connectivity index (χ1n) is 17.4. The lowest BCUT2D eigenvalue weighted by Crippen LogP contribution is -2.67. The number of rotatable bonds is 12. The molecule has 4 aromatic carbocycles. The molecule has 0 aromatic heterocycles. The summed E-state index contributed by atoms with van der Waals surface area (Å²) in [4.78, 5) is 30.3. The molecular formula is C43H52N2O4. The molecule has 0 radical (unpaired) electrons. The third-order valence-electron chi connectivity index (χ3n) is 10.6. The Morgan fingerprint density at radius 1 is 0.571 bits per heavy atom. The molecular weight excluding hydrogens is 608 g/mol. The molecule has 0 heterocycles. The van der Waals surface area contributed by atoms with Gasteiger partial charge in [-0.05, 0) is 74.6 Å². The maximum atomic E-state index is 15.4. The fraction of sp³-hybridized carbons (Fsp3) is 0.395. The number of amides is 2. The Morgan fingerprint density at radius 2 is 0.816 bits per heavy atom. The van der Waals surface area contributed by atoms with Crippen LogP contribution in [0, 0.1) is 44.9 Å². The lowest BCUT2D eigenvalue weighted by Gasteiger charge is -2.54. The van der Waals surface area contributed by atoms with E-state index in [4.69, 9.17) is 5.73 Å². The quantitative estimate of drug-likeness (QED) is 0.140. The Balaban J connectivity index is 1.89. The van der Waals surface area contributed by atoms with E-state index in [1.807, 2.05) is 152 Å². The van der Waals surface area contributed by atoms with Crippen molar-refractivity contribution in [3.05, 3.63) is 142 Å². The van der Waals surface area contributed by atoms with Crippen LogP contribution in [0.2, 0.25) is 0 Å². The zero-order valence-corrected chi connectivity index (χ0v) is 30.2. The maximum Gasteiger partial charge on any atom is 0.239 e. The lowest BCUT2D eigenvalue weighted by atomic mass is 9.69. The van der Waals surface area contributed by atoms with E-state index in [0.717, 1.165) is 22.3 Å². The molecule has 1 saturated carbocycles.